The van der Waals surface area contributed by atoms with Crippen LogP contribution >= 0.6 is 79.6 Å². The number of pyridine rings is 5. The number of aromatic nitrogens is 5. The normalized spacial score (nSPS) is 9.83. The number of ether oxygens (including phenoxy) is 3. The minimum atomic E-state index is -0.991. The molecule has 0 spiro atoms. The van der Waals surface area contributed by atoms with Gasteiger partial charge < -0.3 is 40.2 Å². The molecule has 0 saturated heterocycles. The molecule has 0 atom stereocenters. The number of rotatable bonds is 8. The second-order valence-corrected chi connectivity index (χ2v) is 16.9. The molecular weight excluding hydrogens is 1170 g/mol. The number of carbonyl (C=O) groups excluding carboxylic acids is 4. The minimum Gasteiger partial charge on any atom is -0.618 e. The van der Waals surface area contributed by atoms with E-state index in [2.05, 4.69) is 99.6 Å². The molecule has 0 radical (unpaired) electrons. The van der Waals surface area contributed by atoms with Crippen LogP contribution in [0.5, 0.6) is 0 Å². The zero-order valence-corrected chi connectivity index (χ0v) is 43.4. The Bertz CT molecular complexity index is 2580. The summed E-state index contributed by atoms with van der Waals surface area (Å²) in [7, 11) is 0. The van der Waals surface area contributed by atoms with Crippen LogP contribution in [0.1, 0.15) is 101 Å². The van der Waals surface area contributed by atoms with Gasteiger partial charge in [-0.25, -0.2) is 29.1 Å². The maximum atomic E-state index is 11.4. The predicted molar refractivity (Wildman–Crippen MR) is 254 cm³/mol. The van der Waals surface area contributed by atoms with E-state index in [0.717, 1.165) is 14.5 Å². The number of aryl methyl sites for hydroxylation is 5. The lowest BCUT2D eigenvalue weighted by Crippen LogP contribution is -2.36. The second kappa shape index (κ2) is 27.9. The molecule has 0 bridgehead atoms. The first-order valence-corrected chi connectivity index (χ1v) is 22.3. The average molecular weight is 1210 g/mol. The van der Waals surface area contributed by atoms with E-state index in [1.165, 1.54) is 12.4 Å². The van der Waals surface area contributed by atoms with Gasteiger partial charge in [-0.3, -0.25) is 14.4 Å². The van der Waals surface area contributed by atoms with Gasteiger partial charge in [-0.05, 0) is 188 Å². The van der Waals surface area contributed by atoms with Crippen molar-refractivity contribution in [1.29, 1.82) is 0 Å². The minimum absolute atomic E-state index is 0.0371. The molecule has 0 aliphatic carbocycles. The van der Waals surface area contributed by atoms with Crippen LogP contribution in [0.4, 0.5) is 0 Å². The van der Waals surface area contributed by atoms with Crippen molar-refractivity contribution < 1.29 is 48.0 Å². The molecule has 344 valence electrons. The summed E-state index contributed by atoms with van der Waals surface area (Å²) in [5.74, 6) is -3.08. The fourth-order valence-corrected chi connectivity index (χ4v) is 7.01. The molecule has 5 aromatic rings. The van der Waals surface area contributed by atoms with Crippen LogP contribution in [0.25, 0.3) is 0 Å². The Morgan fingerprint density at radius 2 is 1.03 bits per heavy atom. The van der Waals surface area contributed by atoms with E-state index in [4.69, 9.17) is 25.1 Å². The number of nitrogens with zero attached hydrogens (tertiary/aromatic N) is 3. The Morgan fingerprint density at radius 1 is 0.625 bits per heavy atom. The van der Waals surface area contributed by atoms with Crippen LogP contribution in [-0.2, 0) is 14.2 Å². The van der Waals surface area contributed by atoms with Crippen LogP contribution in [-0.4, -0.2) is 74.6 Å². The molecular formula is C41H43Br5N6O12. The number of amides is 1. The molecule has 5 heterocycles. The lowest BCUT2D eigenvalue weighted by Gasteiger charge is -2.06. The zero-order valence-electron chi connectivity index (χ0n) is 35.5. The fourth-order valence-electron chi connectivity index (χ4n) is 4.70. The lowest BCUT2D eigenvalue weighted by atomic mass is 10.2. The first-order valence-electron chi connectivity index (χ1n) is 18.4. The van der Waals surface area contributed by atoms with Gasteiger partial charge in [0.1, 0.15) is 11.4 Å². The highest BCUT2D eigenvalue weighted by Crippen LogP contribution is 2.15. The molecule has 0 aliphatic rings. The van der Waals surface area contributed by atoms with E-state index < -0.39 is 23.8 Å². The molecule has 64 heavy (non-hydrogen) atoms. The molecule has 5 rings (SSSR count). The number of halogens is 5. The van der Waals surface area contributed by atoms with Gasteiger partial charge in [0.15, 0.2) is 17.6 Å². The molecule has 0 saturated carbocycles. The number of hydrogen-bond acceptors (Lipinski definition) is 13. The van der Waals surface area contributed by atoms with Crippen LogP contribution < -0.4 is 21.6 Å². The summed E-state index contributed by atoms with van der Waals surface area (Å²) in [6.45, 7) is 14.7. The van der Waals surface area contributed by atoms with Gasteiger partial charge in [-0.2, -0.15) is 4.73 Å². The maximum absolute atomic E-state index is 11.4. The summed E-state index contributed by atoms with van der Waals surface area (Å²) in [6, 6.07) is 8.39. The second-order valence-electron chi connectivity index (χ2n) is 12.5. The third kappa shape index (κ3) is 18.6. The summed E-state index contributed by atoms with van der Waals surface area (Å²) in [5.41, 5.74) is 8.59. The molecule has 18 nitrogen and oxygen atoms in total. The van der Waals surface area contributed by atoms with Gasteiger partial charge in [-0.1, -0.05) is 0 Å². The number of carboxylic acids is 1. The van der Waals surface area contributed by atoms with Crippen molar-refractivity contribution in [3.8, 4) is 0 Å². The van der Waals surface area contributed by atoms with Crippen molar-refractivity contribution in [3.05, 3.63) is 153 Å². The van der Waals surface area contributed by atoms with Gasteiger partial charge in [0.25, 0.3) is 17.0 Å². The molecule has 0 aromatic carbocycles. The van der Waals surface area contributed by atoms with Gasteiger partial charge in [0.2, 0.25) is 0 Å². The van der Waals surface area contributed by atoms with Crippen LogP contribution in [0.15, 0.2) is 80.9 Å². The standard InChI is InChI=1S/2C9H10BrNO3.C9H10BrNO2.C7H7BrN2O2.C7H6BrNO2/c1-3-14-9(12)8-6(2)4-7(10)5-11(8)13;1-3-14-9(13)7-5(2)4-6(10)8(12)11-7;1-3-13-9(12)8-6(2)4-7(10)5-11-8;1-3-2-4(8)7(12)10-5(3)6(9)11;1-4-2-5(8)3-9-6(4)7(10)11/h4-5H,3H2,1-2H3;4H,3H2,1-2H3,(H,11,12);4-5H,3H2,1-2H3;2H,1H3,(H2,9,11)(H,10,12);2-3H,1H3,(H,10,11). The molecule has 1 amide bonds. The number of carbonyl (C=O) groups is 5. The van der Waals surface area contributed by atoms with Crippen molar-refractivity contribution in [2.75, 3.05) is 19.8 Å². The quantitative estimate of drug-likeness (QED) is 0.0497. The Hall–Kier alpha value is -5.10. The molecule has 0 fully saturated rings. The van der Waals surface area contributed by atoms with E-state index in [-0.39, 0.29) is 53.1 Å². The molecule has 0 unspecified atom stereocenters. The first-order chi connectivity index (χ1) is 29.9. The fraction of sp³-hybridized carbons (Fsp3) is 0.268. The highest BCUT2D eigenvalue weighted by atomic mass is 79.9. The molecule has 5 N–H and O–H groups in total. The van der Waals surface area contributed by atoms with Gasteiger partial charge in [0, 0.05) is 26.9 Å². The first kappa shape index (κ1) is 56.9. The van der Waals surface area contributed by atoms with E-state index in [1.54, 1.807) is 78.9 Å². The largest absolute Gasteiger partial charge is 0.618 e. The average Bonchev–Trinajstić information content (AvgIpc) is 3.18. The van der Waals surface area contributed by atoms with Crippen LogP contribution in [0.2, 0.25) is 0 Å². The van der Waals surface area contributed by atoms with Crippen molar-refractivity contribution in [3.63, 3.8) is 0 Å². The number of nitrogens with one attached hydrogen (secondary N) is 2. The molecule has 0 aliphatic heterocycles. The smallest absolute Gasteiger partial charge is 0.405 e. The predicted octanol–water partition coefficient (Wildman–Crippen LogP) is 7.91. The number of esters is 3. The monoisotopic (exact) mass is 1210 g/mol. The maximum Gasteiger partial charge on any atom is 0.405 e. The summed E-state index contributed by atoms with van der Waals surface area (Å²) in [4.78, 5) is 89.8. The van der Waals surface area contributed by atoms with Crippen molar-refractivity contribution in [2.45, 2.75) is 55.4 Å². The molecule has 5 aromatic heterocycles. The van der Waals surface area contributed by atoms with E-state index >= 15 is 0 Å². The number of primary amides is 1. The number of hydrogen-bond donors (Lipinski definition) is 4. The number of aromatic carboxylic acids is 1. The molecule has 23 heteroatoms. The van der Waals surface area contributed by atoms with Gasteiger partial charge >= 0.3 is 29.6 Å². The van der Waals surface area contributed by atoms with E-state index in [1.807, 2.05) is 13.0 Å². The Kier molecular flexibility index (Phi) is 24.9. The number of carboxylic acid groups (broad SMARTS) is 1. The highest BCUT2D eigenvalue weighted by molar-refractivity contribution is 9.11. The Labute approximate surface area is 409 Å². The van der Waals surface area contributed by atoms with Crippen LogP contribution in [0, 0.1) is 39.8 Å². The summed E-state index contributed by atoms with van der Waals surface area (Å²) < 4.78 is 18.0. The third-order valence-corrected chi connectivity index (χ3v) is 10.0. The van der Waals surface area contributed by atoms with Crippen LogP contribution in [0.3, 0.4) is 0 Å². The lowest BCUT2D eigenvalue weighted by molar-refractivity contribution is -0.609. The van der Waals surface area contributed by atoms with Crippen molar-refractivity contribution in [2.24, 2.45) is 5.73 Å². The van der Waals surface area contributed by atoms with Crippen molar-refractivity contribution in [1.82, 2.24) is 19.9 Å². The van der Waals surface area contributed by atoms with Gasteiger partial charge in [0.05, 0.1) is 33.2 Å². The number of aromatic amines is 2. The van der Waals surface area contributed by atoms with E-state index in [9.17, 15) is 38.8 Å². The summed E-state index contributed by atoms with van der Waals surface area (Å²) in [6.07, 6.45) is 4.33. The number of nitrogens with two attached hydrogens (primary N) is 1. The Morgan fingerprint density at radius 3 is 1.45 bits per heavy atom. The number of H-pyrrole nitrogens is 2. The van der Waals surface area contributed by atoms with E-state index in [0.29, 0.717) is 52.7 Å². The SMILES string of the molecule is CCOC(=O)c1[nH]c(=O)c(Br)cc1C.CCOC(=O)c1c(C)cc(Br)c[n+]1[O-].CCOC(=O)c1ncc(Br)cc1C.Cc1cc(Br)c(=O)[nH]c1C(N)=O.Cc1cc(Br)cnc1C(=O)O. The van der Waals surface area contributed by atoms with Crippen molar-refractivity contribution >= 4 is 109 Å². The Balaban J connectivity index is 0.000000401. The van der Waals surface area contributed by atoms with Gasteiger partial charge in [-0.15, -0.1) is 0 Å². The summed E-state index contributed by atoms with van der Waals surface area (Å²) in [5, 5.41) is 19.9. The highest BCUT2D eigenvalue weighted by Gasteiger charge is 2.21. The summed E-state index contributed by atoms with van der Waals surface area (Å²) >= 11 is 15.7. The zero-order chi connectivity index (χ0) is 49.0. The topological polar surface area (TPSA) is 278 Å². The third-order valence-electron chi connectivity index (χ3n) is 7.53.